The first-order valence-electron chi connectivity index (χ1n) is 12.5. The van der Waals surface area contributed by atoms with E-state index in [9.17, 15) is 5.11 Å². The Morgan fingerprint density at radius 3 is 2.67 bits per heavy atom. The molecule has 36 heavy (non-hydrogen) atoms. The summed E-state index contributed by atoms with van der Waals surface area (Å²) < 4.78 is 16.9. The number of piperidine rings is 1. The number of aliphatic hydroxyl groups excluding tert-OH is 1. The van der Waals surface area contributed by atoms with Crippen LogP contribution in [0.4, 0.5) is 0 Å². The molecule has 0 bridgehead atoms. The van der Waals surface area contributed by atoms with Crippen molar-refractivity contribution in [2.75, 3.05) is 26.2 Å². The summed E-state index contributed by atoms with van der Waals surface area (Å²) in [6, 6.07) is 22.8. The second-order valence-electron chi connectivity index (χ2n) is 9.56. The molecule has 0 spiro atoms. The van der Waals surface area contributed by atoms with Gasteiger partial charge >= 0.3 is 0 Å². The van der Waals surface area contributed by atoms with Gasteiger partial charge in [0, 0.05) is 13.5 Å². The fraction of sp³-hybridized carbons (Fsp3) is 0.310. The van der Waals surface area contributed by atoms with E-state index < -0.39 is 6.10 Å². The Kier molecular flexibility index (Phi) is 6.17. The maximum atomic E-state index is 10.7. The van der Waals surface area contributed by atoms with Crippen molar-refractivity contribution in [1.82, 2.24) is 15.0 Å². The minimum atomic E-state index is -0.580. The SMILES string of the molecule is Cc1nc(-c2cc3c(OCC(O)CN4CCC(c5ccc6ccccc6c5)CC4)cccc3o2)no1. The van der Waals surface area contributed by atoms with Crippen molar-refractivity contribution in [3.63, 3.8) is 0 Å². The molecule has 1 N–H and O–H groups in total. The average molecular weight is 484 g/mol. The van der Waals surface area contributed by atoms with Crippen LogP contribution in [0.15, 0.2) is 75.7 Å². The van der Waals surface area contributed by atoms with Crippen molar-refractivity contribution in [3.05, 3.63) is 78.2 Å². The highest BCUT2D eigenvalue weighted by atomic mass is 16.5. The Morgan fingerprint density at radius 1 is 1.03 bits per heavy atom. The number of fused-ring (bicyclic) bond motifs is 2. The Labute approximate surface area is 209 Å². The summed E-state index contributed by atoms with van der Waals surface area (Å²) in [5, 5.41) is 18.0. The van der Waals surface area contributed by atoms with Gasteiger partial charge in [0.15, 0.2) is 5.76 Å². The number of hydrogen-bond donors (Lipinski definition) is 1. The van der Waals surface area contributed by atoms with Crippen molar-refractivity contribution >= 4 is 21.7 Å². The molecular formula is C29H29N3O4. The topological polar surface area (TPSA) is 84.8 Å². The third kappa shape index (κ3) is 4.72. The van der Waals surface area contributed by atoms with Gasteiger partial charge < -0.3 is 23.7 Å². The number of likely N-dealkylation sites (tertiary alicyclic amines) is 1. The smallest absolute Gasteiger partial charge is 0.238 e. The molecule has 0 radical (unpaired) electrons. The van der Waals surface area contributed by atoms with Gasteiger partial charge in [-0.3, -0.25) is 0 Å². The maximum Gasteiger partial charge on any atom is 0.238 e. The lowest BCUT2D eigenvalue weighted by Crippen LogP contribution is -2.40. The highest BCUT2D eigenvalue weighted by Crippen LogP contribution is 2.33. The van der Waals surface area contributed by atoms with Gasteiger partial charge in [-0.25, -0.2) is 0 Å². The summed E-state index contributed by atoms with van der Waals surface area (Å²) in [5.41, 5.74) is 2.09. The molecule has 0 aliphatic carbocycles. The van der Waals surface area contributed by atoms with Gasteiger partial charge in [0.05, 0.1) is 5.39 Å². The lowest BCUT2D eigenvalue weighted by molar-refractivity contribution is 0.0599. The number of ether oxygens (including phenoxy) is 1. The van der Waals surface area contributed by atoms with Crippen molar-refractivity contribution in [1.29, 1.82) is 0 Å². The van der Waals surface area contributed by atoms with Crippen LogP contribution in [-0.4, -0.2) is 52.5 Å². The molecule has 5 aromatic rings. The van der Waals surface area contributed by atoms with E-state index in [1.165, 1.54) is 16.3 Å². The number of aryl methyl sites for hydroxylation is 1. The molecule has 0 amide bonds. The molecule has 1 fully saturated rings. The summed E-state index contributed by atoms with van der Waals surface area (Å²) in [6.07, 6.45) is 1.61. The molecule has 7 heteroatoms. The summed E-state index contributed by atoms with van der Waals surface area (Å²) >= 11 is 0. The summed E-state index contributed by atoms with van der Waals surface area (Å²) in [4.78, 5) is 6.56. The zero-order chi connectivity index (χ0) is 24.5. The third-order valence-corrected chi connectivity index (χ3v) is 7.00. The van der Waals surface area contributed by atoms with Crippen LogP contribution in [0.25, 0.3) is 33.3 Å². The highest BCUT2D eigenvalue weighted by molar-refractivity contribution is 5.87. The predicted octanol–water partition coefficient (Wildman–Crippen LogP) is 5.56. The minimum Gasteiger partial charge on any atom is -0.490 e. The van der Waals surface area contributed by atoms with Gasteiger partial charge in [0.1, 0.15) is 24.0 Å². The molecule has 1 aliphatic heterocycles. The molecule has 1 unspecified atom stereocenters. The van der Waals surface area contributed by atoms with Gasteiger partial charge in [0.2, 0.25) is 11.7 Å². The van der Waals surface area contributed by atoms with Crippen LogP contribution >= 0.6 is 0 Å². The largest absolute Gasteiger partial charge is 0.490 e. The van der Waals surface area contributed by atoms with E-state index in [1.54, 1.807) is 6.92 Å². The van der Waals surface area contributed by atoms with Gasteiger partial charge in [-0.2, -0.15) is 4.98 Å². The van der Waals surface area contributed by atoms with E-state index >= 15 is 0 Å². The quantitative estimate of drug-likeness (QED) is 0.324. The molecule has 3 heterocycles. The standard InChI is InChI=1S/C29H29N3O4/c1-19-30-29(31-36-19)28-16-25-26(7-4-8-27(25)35-28)34-18-24(33)17-32-13-11-21(12-14-32)23-10-9-20-5-2-3-6-22(20)15-23/h2-10,15-16,21,24,33H,11-14,17-18H2,1H3. The van der Waals surface area contributed by atoms with Crippen LogP contribution in [0.3, 0.4) is 0 Å². The van der Waals surface area contributed by atoms with Crippen LogP contribution < -0.4 is 4.74 Å². The Bertz CT molecular complexity index is 1480. The number of furan rings is 1. The normalized spacial score (nSPS) is 16.1. The van der Waals surface area contributed by atoms with Gasteiger partial charge in [-0.05, 0) is 66.4 Å². The fourth-order valence-corrected chi connectivity index (χ4v) is 5.12. The third-order valence-electron chi connectivity index (χ3n) is 7.00. The van der Waals surface area contributed by atoms with Gasteiger partial charge in [-0.1, -0.05) is 53.7 Å². The van der Waals surface area contributed by atoms with E-state index in [0.717, 1.165) is 31.3 Å². The first-order valence-corrected chi connectivity index (χ1v) is 12.5. The Balaban J connectivity index is 1.04. The zero-order valence-electron chi connectivity index (χ0n) is 20.3. The average Bonchev–Trinajstić information content (AvgIpc) is 3.54. The van der Waals surface area contributed by atoms with Crippen molar-refractivity contribution < 1.29 is 18.8 Å². The van der Waals surface area contributed by atoms with E-state index in [0.29, 0.717) is 41.3 Å². The maximum absolute atomic E-state index is 10.7. The van der Waals surface area contributed by atoms with E-state index in [1.807, 2.05) is 24.3 Å². The van der Waals surface area contributed by atoms with E-state index in [-0.39, 0.29) is 6.61 Å². The van der Waals surface area contributed by atoms with Crippen LogP contribution in [0.5, 0.6) is 5.75 Å². The predicted molar refractivity (Wildman–Crippen MR) is 138 cm³/mol. The molecule has 184 valence electrons. The molecule has 1 atom stereocenters. The number of benzene rings is 3. The molecular weight excluding hydrogens is 454 g/mol. The number of rotatable bonds is 7. The number of nitrogens with zero attached hydrogens (tertiary/aromatic N) is 3. The second-order valence-corrected chi connectivity index (χ2v) is 9.56. The fourth-order valence-electron chi connectivity index (χ4n) is 5.12. The van der Waals surface area contributed by atoms with Crippen molar-refractivity contribution in [2.24, 2.45) is 0 Å². The minimum absolute atomic E-state index is 0.214. The monoisotopic (exact) mass is 483 g/mol. The number of hydrogen-bond acceptors (Lipinski definition) is 7. The Hall–Kier alpha value is -3.68. The number of β-amino-alcohol motifs (C(OH)–C–C–N with tert-alkyl or cyclic N) is 1. The second kappa shape index (κ2) is 9.76. The van der Waals surface area contributed by atoms with Crippen molar-refractivity contribution in [2.45, 2.75) is 31.8 Å². The van der Waals surface area contributed by atoms with Crippen LogP contribution in [0.1, 0.15) is 30.2 Å². The van der Waals surface area contributed by atoms with Crippen LogP contribution in [0, 0.1) is 6.92 Å². The zero-order valence-corrected chi connectivity index (χ0v) is 20.3. The van der Waals surface area contributed by atoms with E-state index in [4.69, 9.17) is 13.7 Å². The molecule has 1 saturated heterocycles. The summed E-state index contributed by atoms with van der Waals surface area (Å²) in [7, 11) is 0. The highest BCUT2D eigenvalue weighted by Gasteiger charge is 2.23. The number of aliphatic hydroxyl groups is 1. The van der Waals surface area contributed by atoms with Gasteiger partial charge in [-0.15, -0.1) is 0 Å². The van der Waals surface area contributed by atoms with E-state index in [2.05, 4.69) is 57.5 Å². The first kappa shape index (κ1) is 22.8. The number of aromatic nitrogens is 2. The molecule has 3 aromatic carbocycles. The van der Waals surface area contributed by atoms with Crippen LogP contribution in [0.2, 0.25) is 0 Å². The van der Waals surface area contributed by atoms with Crippen molar-refractivity contribution in [3.8, 4) is 17.3 Å². The lowest BCUT2D eigenvalue weighted by atomic mass is 9.88. The molecule has 2 aromatic heterocycles. The van der Waals surface area contributed by atoms with Crippen LogP contribution in [-0.2, 0) is 0 Å². The molecule has 1 aliphatic rings. The summed E-state index contributed by atoms with van der Waals surface area (Å²) in [6.45, 7) is 4.49. The van der Waals surface area contributed by atoms with Gasteiger partial charge in [0.25, 0.3) is 0 Å². The lowest BCUT2D eigenvalue weighted by Gasteiger charge is -2.33. The summed E-state index contributed by atoms with van der Waals surface area (Å²) in [5.74, 6) is 2.63. The molecule has 0 saturated carbocycles. The first-order chi connectivity index (χ1) is 17.6. The molecule has 6 rings (SSSR count). The Morgan fingerprint density at radius 2 is 1.86 bits per heavy atom. The molecule has 7 nitrogen and oxygen atoms in total.